The molecule has 0 spiro atoms. The van der Waals surface area contributed by atoms with Gasteiger partial charge in [-0.2, -0.15) is 0 Å². The van der Waals surface area contributed by atoms with Gasteiger partial charge >= 0.3 is 0 Å². The number of rotatable bonds is 3. The van der Waals surface area contributed by atoms with Crippen LogP contribution >= 0.6 is 0 Å². The summed E-state index contributed by atoms with van der Waals surface area (Å²) in [4.78, 5) is 10.9. The lowest BCUT2D eigenvalue weighted by molar-refractivity contribution is -0.111. The molecule has 0 aromatic heterocycles. The van der Waals surface area contributed by atoms with Gasteiger partial charge in [-0.15, -0.1) is 0 Å². The molecular formula is C13H18O. The maximum atomic E-state index is 10.9. The quantitative estimate of drug-likeness (QED) is 0.494. The van der Waals surface area contributed by atoms with Crippen molar-refractivity contribution in [1.82, 2.24) is 0 Å². The second kappa shape index (κ2) is 3.72. The number of carbonyl (C=O) groups is 1. The molecule has 2 aliphatic carbocycles. The van der Waals surface area contributed by atoms with Gasteiger partial charge in [0.25, 0.3) is 0 Å². The Labute approximate surface area is 85.9 Å². The maximum absolute atomic E-state index is 10.9. The predicted molar refractivity (Wildman–Crippen MR) is 57.8 cm³/mol. The molecule has 0 radical (unpaired) electrons. The van der Waals surface area contributed by atoms with Crippen molar-refractivity contribution < 1.29 is 4.79 Å². The van der Waals surface area contributed by atoms with Crippen molar-refractivity contribution in [3.05, 3.63) is 24.3 Å². The lowest BCUT2D eigenvalue weighted by Gasteiger charge is -2.21. The number of hydrogen-bond donors (Lipinski definition) is 0. The summed E-state index contributed by atoms with van der Waals surface area (Å²) in [6.07, 6.45) is 11.2. The number of carbonyl (C=O) groups excluding carboxylic acids is 1. The highest BCUT2D eigenvalue weighted by Gasteiger charge is 2.45. The zero-order valence-corrected chi connectivity index (χ0v) is 8.89. The molecule has 0 amide bonds. The van der Waals surface area contributed by atoms with Gasteiger partial charge in [-0.3, -0.25) is 0 Å². The Morgan fingerprint density at radius 3 is 2.79 bits per heavy atom. The van der Waals surface area contributed by atoms with Crippen molar-refractivity contribution in [3.63, 3.8) is 0 Å². The Morgan fingerprint density at radius 2 is 2.21 bits per heavy atom. The first-order chi connectivity index (χ1) is 6.77. The second-order valence-electron chi connectivity index (χ2n) is 4.62. The molecule has 14 heavy (non-hydrogen) atoms. The summed E-state index contributed by atoms with van der Waals surface area (Å²) in [5, 5.41) is 0. The van der Waals surface area contributed by atoms with Crippen LogP contribution in [0.5, 0.6) is 0 Å². The van der Waals surface area contributed by atoms with Crippen molar-refractivity contribution in [1.29, 1.82) is 0 Å². The average molecular weight is 190 g/mol. The molecule has 2 rings (SSSR count). The van der Waals surface area contributed by atoms with Crippen LogP contribution in [0.4, 0.5) is 0 Å². The summed E-state index contributed by atoms with van der Waals surface area (Å²) in [5.74, 6) is 2.75. The fraction of sp³-hybridized carbons (Fsp3) is 0.615. The van der Waals surface area contributed by atoms with E-state index in [0.29, 0.717) is 29.6 Å². The molecule has 5 atom stereocenters. The summed E-state index contributed by atoms with van der Waals surface area (Å²) < 4.78 is 0. The van der Waals surface area contributed by atoms with E-state index in [-0.39, 0.29) is 0 Å². The van der Waals surface area contributed by atoms with Crippen LogP contribution in [0, 0.1) is 29.6 Å². The third-order valence-electron chi connectivity index (χ3n) is 3.84. The second-order valence-corrected chi connectivity index (χ2v) is 4.62. The average Bonchev–Trinajstić information content (AvgIpc) is 2.74. The van der Waals surface area contributed by atoms with Crippen LogP contribution in [0.25, 0.3) is 0 Å². The zero-order valence-electron chi connectivity index (χ0n) is 8.89. The van der Waals surface area contributed by atoms with Gasteiger partial charge in [0.15, 0.2) is 0 Å². The van der Waals surface area contributed by atoms with Crippen LogP contribution < -0.4 is 0 Å². The first-order valence-electron chi connectivity index (χ1n) is 5.54. The molecule has 1 heteroatoms. The SMILES string of the molecule is C/C=C/C(C)C1C2C=CC1C(C=O)C2. The van der Waals surface area contributed by atoms with Gasteiger partial charge < -0.3 is 4.79 Å². The Hall–Kier alpha value is -0.850. The van der Waals surface area contributed by atoms with E-state index >= 15 is 0 Å². The molecule has 0 aromatic carbocycles. The van der Waals surface area contributed by atoms with Crippen molar-refractivity contribution in [2.24, 2.45) is 29.6 Å². The highest BCUT2D eigenvalue weighted by molar-refractivity contribution is 5.56. The molecule has 0 heterocycles. The van der Waals surface area contributed by atoms with E-state index in [2.05, 4.69) is 38.2 Å². The molecule has 0 N–H and O–H groups in total. The van der Waals surface area contributed by atoms with E-state index in [4.69, 9.17) is 0 Å². The van der Waals surface area contributed by atoms with Crippen molar-refractivity contribution in [2.45, 2.75) is 20.3 Å². The first-order valence-corrected chi connectivity index (χ1v) is 5.54. The van der Waals surface area contributed by atoms with Gasteiger partial charge in [0.05, 0.1) is 0 Å². The van der Waals surface area contributed by atoms with E-state index < -0.39 is 0 Å². The molecular weight excluding hydrogens is 172 g/mol. The summed E-state index contributed by atoms with van der Waals surface area (Å²) in [7, 11) is 0. The lowest BCUT2D eigenvalue weighted by Crippen LogP contribution is -2.18. The highest BCUT2D eigenvalue weighted by Crippen LogP contribution is 2.50. The summed E-state index contributed by atoms with van der Waals surface area (Å²) in [5.41, 5.74) is 0. The molecule has 1 saturated carbocycles. The Morgan fingerprint density at radius 1 is 1.43 bits per heavy atom. The molecule has 0 aliphatic heterocycles. The van der Waals surface area contributed by atoms with E-state index in [1.807, 2.05) is 0 Å². The molecule has 0 saturated heterocycles. The van der Waals surface area contributed by atoms with Crippen LogP contribution in [0.1, 0.15) is 20.3 Å². The van der Waals surface area contributed by atoms with Gasteiger partial charge in [0, 0.05) is 5.92 Å². The van der Waals surface area contributed by atoms with Gasteiger partial charge in [0.1, 0.15) is 6.29 Å². The Balaban J connectivity index is 2.13. The standard InChI is InChI=1S/C13H18O/c1-3-4-9(2)13-10-5-6-12(13)11(7-10)8-14/h3-6,8-13H,7H2,1-2H3/b4-3+. The molecule has 5 unspecified atom stereocenters. The van der Waals surface area contributed by atoms with Gasteiger partial charge in [-0.25, -0.2) is 0 Å². The molecule has 0 aromatic rings. The van der Waals surface area contributed by atoms with Crippen LogP contribution in [0.2, 0.25) is 0 Å². The third-order valence-corrected chi connectivity index (χ3v) is 3.84. The zero-order chi connectivity index (χ0) is 10.1. The fourth-order valence-corrected chi connectivity index (χ4v) is 3.27. The van der Waals surface area contributed by atoms with Crippen LogP contribution in [0.3, 0.4) is 0 Å². The molecule has 1 fully saturated rings. The van der Waals surface area contributed by atoms with Gasteiger partial charge in [-0.05, 0) is 37.0 Å². The number of fused-ring (bicyclic) bond motifs is 2. The van der Waals surface area contributed by atoms with Gasteiger partial charge in [0.2, 0.25) is 0 Å². The van der Waals surface area contributed by atoms with E-state index in [1.165, 1.54) is 0 Å². The molecule has 2 bridgehead atoms. The highest BCUT2D eigenvalue weighted by atomic mass is 16.1. The first kappa shape index (κ1) is 9.70. The smallest absolute Gasteiger partial charge is 0.123 e. The summed E-state index contributed by atoms with van der Waals surface area (Å²) in [6, 6.07) is 0. The fourth-order valence-electron chi connectivity index (χ4n) is 3.27. The van der Waals surface area contributed by atoms with Crippen molar-refractivity contribution in [3.8, 4) is 0 Å². The molecule has 76 valence electrons. The topological polar surface area (TPSA) is 17.1 Å². The molecule has 2 aliphatic rings. The van der Waals surface area contributed by atoms with E-state index in [9.17, 15) is 4.79 Å². The summed E-state index contributed by atoms with van der Waals surface area (Å²) in [6.45, 7) is 4.34. The van der Waals surface area contributed by atoms with Crippen molar-refractivity contribution >= 4 is 6.29 Å². The number of aldehydes is 1. The van der Waals surface area contributed by atoms with Gasteiger partial charge in [-0.1, -0.05) is 31.2 Å². The molecule has 1 nitrogen and oxygen atoms in total. The lowest BCUT2D eigenvalue weighted by atomic mass is 9.83. The van der Waals surface area contributed by atoms with Crippen molar-refractivity contribution in [2.75, 3.05) is 0 Å². The third kappa shape index (κ3) is 1.35. The number of hydrogen-bond acceptors (Lipinski definition) is 1. The monoisotopic (exact) mass is 190 g/mol. The summed E-state index contributed by atoms with van der Waals surface area (Å²) >= 11 is 0. The normalized spacial score (nSPS) is 42.1. The Bertz CT molecular complexity index is 277. The van der Waals surface area contributed by atoms with E-state index in [0.717, 1.165) is 12.7 Å². The Kier molecular flexibility index (Phi) is 2.58. The minimum absolute atomic E-state index is 0.294. The number of allylic oxidation sites excluding steroid dienone is 4. The van der Waals surface area contributed by atoms with Crippen LogP contribution in [-0.2, 0) is 4.79 Å². The minimum Gasteiger partial charge on any atom is -0.303 e. The van der Waals surface area contributed by atoms with E-state index in [1.54, 1.807) is 0 Å². The largest absolute Gasteiger partial charge is 0.303 e. The van der Waals surface area contributed by atoms with Crippen LogP contribution in [0.15, 0.2) is 24.3 Å². The maximum Gasteiger partial charge on any atom is 0.123 e. The predicted octanol–water partition coefficient (Wildman–Crippen LogP) is 2.84. The van der Waals surface area contributed by atoms with Crippen LogP contribution in [-0.4, -0.2) is 6.29 Å². The minimum atomic E-state index is 0.294.